The van der Waals surface area contributed by atoms with Crippen LogP contribution in [0.3, 0.4) is 0 Å². The molecule has 0 radical (unpaired) electrons. The fourth-order valence-corrected chi connectivity index (χ4v) is 2.96. The van der Waals surface area contributed by atoms with Gasteiger partial charge in [-0.2, -0.15) is 5.26 Å². The lowest BCUT2D eigenvalue weighted by Crippen LogP contribution is -2.20. The van der Waals surface area contributed by atoms with Gasteiger partial charge < -0.3 is 14.5 Å². The van der Waals surface area contributed by atoms with Gasteiger partial charge in [-0.15, -0.1) is 0 Å². The Bertz CT molecular complexity index is 1150. The van der Waals surface area contributed by atoms with Crippen molar-refractivity contribution >= 4 is 34.2 Å². The molecule has 1 heterocycles. The molecule has 0 saturated carbocycles. The van der Waals surface area contributed by atoms with Crippen LogP contribution in [0.1, 0.15) is 30.9 Å². The molecule has 7 heteroatoms. The van der Waals surface area contributed by atoms with Gasteiger partial charge in [0.2, 0.25) is 0 Å². The Labute approximate surface area is 166 Å². The van der Waals surface area contributed by atoms with Crippen LogP contribution in [0.25, 0.3) is 11.0 Å². The number of halogens is 1. The van der Waals surface area contributed by atoms with E-state index in [4.69, 9.17) is 26.0 Å². The van der Waals surface area contributed by atoms with Gasteiger partial charge in [0.1, 0.15) is 17.4 Å². The number of carbonyl (C=O) groups is 1. The van der Waals surface area contributed by atoms with E-state index in [0.29, 0.717) is 27.6 Å². The Morgan fingerprint density at radius 2 is 2.04 bits per heavy atom. The van der Waals surface area contributed by atoms with Gasteiger partial charge in [0.15, 0.2) is 6.61 Å². The lowest BCUT2D eigenvalue weighted by Gasteiger charge is -2.11. The van der Waals surface area contributed by atoms with E-state index in [0.717, 1.165) is 10.9 Å². The van der Waals surface area contributed by atoms with Gasteiger partial charge in [-0.3, -0.25) is 4.79 Å². The van der Waals surface area contributed by atoms with E-state index in [9.17, 15) is 9.59 Å². The summed E-state index contributed by atoms with van der Waals surface area (Å²) in [4.78, 5) is 23.9. The molecule has 0 atom stereocenters. The SMILES string of the molecule is CC(C)c1cc(=O)oc2cc(OCC(=O)Nc3cc(Cl)ccc3C#N)ccc12. The van der Waals surface area contributed by atoms with Crippen molar-refractivity contribution < 1.29 is 13.9 Å². The molecule has 0 bridgehead atoms. The molecule has 2 aromatic carbocycles. The summed E-state index contributed by atoms with van der Waals surface area (Å²) in [5.41, 5.74) is 1.47. The van der Waals surface area contributed by atoms with Crippen LogP contribution < -0.4 is 15.7 Å². The normalized spacial score (nSPS) is 10.7. The van der Waals surface area contributed by atoms with Crippen molar-refractivity contribution in [1.82, 2.24) is 0 Å². The van der Waals surface area contributed by atoms with E-state index in [-0.39, 0.29) is 12.5 Å². The summed E-state index contributed by atoms with van der Waals surface area (Å²) in [6.45, 7) is 3.71. The zero-order valence-electron chi connectivity index (χ0n) is 15.3. The lowest BCUT2D eigenvalue weighted by molar-refractivity contribution is -0.118. The number of anilines is 1. The topological polar surface area (TPSA) is 92.3 Å². The van der Waals surface area contributed by atoms with E-state index < -0.39 is 11.5 Å². The maximum Gasteiger partial charge on any atom is 0.336 e. The fourth-order valence-electron chi connectivity index (χ4n) is 2.79. The Hall–Kier alpha value is -3.30. The predicted molar refractivity (Wildman–Crippen MR) is 107 cm³/mol. The van der Waals surface area contributed by atoms with Crippen molar-refractivity contribution in [2.45, 2.75) is 19.8 Å². The van der Waals surface area contributed by atoms with Crippen LogP contribution in [0.15, 0.2) is 51.7 Å². The second-order valence-corrected chi connectivity index (χ2v) is 6.91. The number of rotatable bonds is 5. The average Bonchev–Trinajstić information content (AvgIpc) is 2.65. The molecular weight excluding hydrogens is 380 g/mol. The number of nitriles is 1. The van der Waals surface area contributed by atoms with Gasteiger partial charge in [-0.05, 0) is 41.8 Å². The number of fused-ring (bicyclic) bond motifs is 1. The van der Waals surface area contributed by atoms with Crippen molar-refractivity contribution in [2.75, 3.05) is 11.9 Å². The molecule has 3 rings (SSSR count). The summed E-state index contributed by atoms with van der Waals surface area (Å²) in [5.74, 6) is 0.103. The maximum atomic E-state index is 12.2. The van der Waals surface area contributed by atoms with Crippen molar-refractivity contribution in [2.24, 2.45) is 0 Å². The minimum atomic E-state index is -0.448. The smallest absolute Gasteiger partial charge is 0.336 e. The second kappa shape index (κ2) is 8.15. The number of carbonyl (C=O) groups excluding carboxylic acids is 1. The predicted octanol–water partition coefficient (Wildman–Crippen LogP) is 4.46. The molecule has 0 unspecified atom stereocenters. The zero-order chi connectivity index (χ0) is 20.3. The van der Waals surface area contributed by atoms with Crippen molar-refractivity contribution in [3.63, 3.8) is 0 Å². The second-order valence-electron chi connectivity index (χ2n) is 6.47. The molecule has 1 aromatic heterocycles. The number of nitrogens with one attached hydrogen (secondary N) is 1. The van der Waals surface area contributed by atoms with Gasteiger partial charge in [-0.1, -0.05) is 25.4 Å². The minimum Gasteiger partial charge on any atom is -0.484 e. The third-order valence-corrected chi connectivity index (χ3v) is 4.35. The molecule has 0 aliphatic heterocycles. The Balaban J connectivity index is 1.75. The van der Waals surface area contributed by atoms with Gasteiger partial charge in [0.25, 0.3) is 5.91 Å². The van der Waals surface area contributed by atoms with Gasteiger partial charge in [0.05, 0.1) is 11.3 Å². The Kier molecular flexibility index (Phi) is 5.67. The van der Waals surface area contributed by atoms with E-state index in [2.05, 4.69) is 5.32 Å². The first-order chi connectivity index (χ1) is 13.4. The molecule has 1 N–H and O–H groups in total. The standard InChI is InChI=1S/C21H17ClN2O4/c1-12(2)17-9-21(26)28-19-8-15(5-6-16(17)19)27-11-20(25)24-18-7-14(22)4-3-13(18)10-23/h3-9,12H,11H2,1-2H3,(H,24,25). The number of hydrogen-bond acceptors (Lipinski definition) is 5. The highest BCUT2D eigenvalue weighted by molar-refractivity contribution is 6.31. The van der Waals surface area contributed by atoms with Crippen LogP contribution in [0.5, 0.6) is 5.75 Å². The third-order valence-electron chi connectivity index (χ3n) is 4.12. The van der Waals surface area contributed by atoms with Crippen LogP contribution >= 0.6 is 11.6 Å². The minimum absolute atomic E-state index is 0.163. The quantitative estimate of drug-likeness (QED) is 0.643. The molecule has 3 aromatic rings. The summed E-state index contributed by atoms with van der Waals surface area (Å²) in [5, 5.41) is 12.9. The summed E-state index contributed by atoms with van der Waals surface area (Å²) in [6.07, 6.45) is 0. The first-order valence-corrected chi connectivity index (χ1v) is 8.95. The molecule has 0 saturated heterocycles. The summed E-state index contributed by atoms with van der Waals surface area (Å²) in [7, 11) is 0. The monoisotopic (exact) mass is 396 g/mol. The Morgan fingerprint density at radius 3 is 2.75 bits per heavy atom. The van der Waals surface area contributed by atoms with E-state index >= 15 is 0 Å². The van der Waals surface area contributed by atoms with Crippen molar-refractivity contribution in [1.29, 1.82) is 5.26 Å². The molecule has 1 amide bonds. The van der Waals surface area contributed by atoms with Gasteiger partial charge in [0, 0.05) is 22.5 Å². The van der Waals surface area contributed by atoms with Crippen molar-refractivity contribution in [3.05, 3.63) is 69.0 Å². The molecule has 0 fully saturated rings. The number of hydrogen-bond donors (Lipinski definition) is 1. The van der Waals surface area contributed by atoms with Gasteiger partial charge in [-0.25, -0.2) is 4.79 Å². The third kappa shape index (κ3) is 4.33. The molecule has 0 aliphatic carbocycles. The highest BCUT2D eigenvalue weighted by Crippen LogP contribution is 2.27. The molecule has 0 aliphatic rings. The number of amides is 1. The maximum absolute atomic E-state index is 12.2. The van der Waals surface area contributed by atoms with Crippen LogP contribution in [0.4, 0.5) is 5.69 Å². The molecule has 6 nitrogen and oxygen atoms in total. The van der Waals surface area contributed by atoms with Crippen LogP contribution in [0, 0.1) is 11.3 Å². The molecule has 0 spiro atoms. The number of nitrogens with zero attached hydrogens (tertiary/aromatic N) is 1. The van der Waals surface area contributed by atoms with Crippen LogP contribution in [-0.2, 0) is 4.79 Å². The number of benzene rings is 2. The first-order valence-electron chi connectivity index (χ1n) is 8.57. The summed E-state index contributed by atoms with van der Waals surface area (Å²) >= 11 is 5.91. The fraction of sp³-hybridized carbons (Fsp3) is 0.190. The van der Waals surface area contributed by atoms with Crippen LogP contribution in [-0.4, -0.2) is 12.5 Å². The average molecular weight is 397 g/mol. The lowest BCUT2D eigenvalue weighted by atomic mass is 10.00. The highest BCUT2D eigenvalue weighted by atomic mass is 35.5. The summed E-state index contributed by atoms with van der Waals surface area (Å²) in [6, 6.07) is 13.1. The molecule has 142 valence electrons. The molecular formula is C21H17ClN2O4. The van der Waals surface area contributed by atoms with Crippen LogP contribution in [0.2, 0.25) is 5.02 Å². The zero-order valence-corrected chi connectivity index (χ0v) is 16.0. The Morgan fingerprint density at radius 1 is 1.25 bits per heavy atom. The van der Waals surface area contributed by atoms with E-state index in [1.807, 2.05) is 19.9 Å². The largest absolute Gasteiger partial charge is 0.484 e. The van der Waals surface area contributed by atoms with Gasteiger partial charge >= 0.3 is 5.63 Å². The highest BCUT2D eigenvalue weighted by Gasteiger charge is 2.12. The first kappa shape index (κ1) is 19.5. The number of ether oxygens (including phenoxy) is 1. The molecule has 28 heavy (non-hydrogen) atoms. The van der Waals surface area contributed by atoms with E-state index in [1.165, 1.54) is 18.2 Å². The van der Waals surface area contributed by atoms with E-state index in [1.54, 1.807) is 24.3 Å². The van der Waals surface area contributed by atoms with Crippen molar-refractivity contribution in [3.8, 4) is 11.8 Å². The summed E-state index contributed by atoms with van der Waals surface area (Å²) < 4.78 is 10.8.